The van der Waals surface area contributed by atoms with Gasteiger partial charge in [-0.3, -0.25) is 19.4 Å². The van der Waals surface area contributed by atoms with Crippen LogP contribution in [0.5, 0.6) is 0 Å². The van der Waals surface area contributed by atoms with Crippen molar-refractivity contribution in [3.8, 4) is 0 Å². The van der Waals surface area contributed by atoms with Crippen LogP contribution in [0.25, 0.3) is 0 Å². The first-order valence-corrected chi connectivity index (χ1v) is 27.9. The molecule has 4 heterocycles. The van der Waals surface area contributed by atoms with Gasteiger partial charge in [0.15, 0.2) is 0 Å². The molecule has 22 nitrogen and oxygen atoms in total. The van der Waals surface area contributed by atoms with Crippen molar-refractivity contribution >= 4 is 78.8 Å². The average molecular weight is 1160 g/mol. The summed E-state index contributed by atoms with van der Waals surface area (Å²) in [6.07, 6.45) is 7.66. The molecule has 1 aliphatic carbocycles. The molecule has 25 heteroatoms. The monoisotopic (exact) mass is 1160 g/mol. The van der Waals surface area contributed by atoms with Crippen LogP contribution in [0.2, 0.25) is 0 Å². The lowest BCUT2D eigenvalue weighted by molar-refractivity contribution is -0.128. The van der Waals surface area contributed by atoms with Gasteiger partial charge in [0.05, 0.1) is 91.6 Å². The fraction of sp³-hybridized carbons (Fsp3) is 0.415. The molecular formula is C53H64BrFN12O10S. The van der Waals surface area contributed by atoms with Gasteiger partial charge in [0.1, 0.15) is 24.1 Å². The van der Waals surface area contributed by atoms with E-state index in [2.05, 4.69) is 87.3 Å². The number of carbonyl (C=O) groups excluding carboxylic acids is 3. The van der Waals surface area contributed by atoms with Gasteiger partial charge in [-0.1, -0.05) is 49.8 Å². The maximum absolute atomic E-state index is 14.3. The van der Waals surface area contributed by atoms with Crippen LogP contribution in [-0.2, 0) is 45.1 Å². The lowest BCUT2D eigenvalue weighted by Crippen LogP contribution is -2.49. The average Bonchev–Trinajstić information content (AvgIpc) is 4.31. The molecule has 416 valence electrons. The molecule has 2 aromatic heterocycles. The van der Waals surface area contributed by atoms with Crippen molar-refractivity contribution in [3.05, 3.63) is 124 Å². The van der Waals surface area contributed by atoms with E-state index in [1.54, 1.807) is 18.3 Å². The van der Waals surface area contributed by atoms with Gasteiger partial charge in [-0.05, 0) is 88.8 Å². The second-order valence-electron chi connectivity index (χ2n) is 18.6. The molecule has 0 spiro atoms. The Morgan fingerprint density at radius 2 is 1.51 bits per heavy atom. The summed E-state index contributed by atoms with van der Waals surface area (Å²) >= 11 is 3.34. The van der Waals surface area contributed by atoms with E-state index in [0.717, 1.165) is 37.1 Å². The lowest BCUT2D eigenvalue weighted by atomic mass is 9.96. The Morgan fingerprint density at radius 3 is 2.18 bits per heavy atom. The molecule has 3 amide bonds. The third-order valence-electron chi connectivity index (χ3n) is 13.1. The number of fused-ring (bicyclic) bond motifs is 1. The van der Waals surface area contributed by atoms with Crippen LogP contribution in [0.3, 0.4) is 0 Å². The van der Waals surface area contributed by atoms with Crippen LogP contribution in [-0.4, -0.2) is 148 Å². The van der Waals surface area contributed by atoms with Crippen LogP contribution in [0.4, 0.5) is 44.1 Å². The number of rotatable bonds is 30. The molecule has 0 unspecified atom stereocenters. The topological polar surface area (TPSA) is 267 Å². The number of halogens is 2. The summed E-state index contributed by atoms with van der Waals surface area (Å²) in [6.45, 7) is 11.2. The Balaban J connectivity index is 0.673. The summed E-state index contributed by atoms with van der Waals surface area (Å²) < 4.78 is 70.9. The van der Waals surface area contributed by atoms with Crippen molar-refractivity contribution in [2.45, 2.75) is 49.8 Å². The molecule has 0 radical (unpaired) electrons. The molecule has 3 aromatic carbocycles. The first-order chi connectivity index (χ1) is 37.8. The fourth-order valence-electron chi connectivity index (χ4n) is 8.75. The van der Waals surface area contributed by atoms with Crippen molar-refractivity contribution in [2.75, 3.05) is 113 Å². The number of amides is 3. The summed E-state index contributed by atoms with van der Waals surface area (Å²) in [7, 11) is -3.84. The Labute approximate surface area is 460 Å². The highest BCUT2D eigenvalue weighted by Crippen LogP contribution is 2.41. The summed E-state index contributed by atoms with van der Waals surface area (Å²) in [4.78, 5) is 60.6. The Bertz CT molecular complexity index is 2970. The van der Waals surface area contributed by atoms with E-state index in [-0.39, 0.29) is 86.0 Å². The van der Waals surface area contributed by atoms with E-state index in [1.165, 1.54) is 59.8 Å². The van der Waals surface area contributed by atoms with Gasteiger partial charge in [-0.15, -0.1) is 0 Å². The predicted molar refractivity (Wildman–Crippen MR) is 293 cm³/mol. The van der Waals surface area contributed by atoms with E-state index < -0.39 is 27.8 Å². The number of anilines is 6. The van der Waals surface area contributed by atoms with Crippen molar-refractivity contribution in [3.63, 3.8) is 0 Å². The van der Waals surface area contributed by atoms with Crippen molar-refractivity contribution in [2.24, 2.45) is 11.7 Å². The Kier molecular flexibility index (Phi) is 20.4. The predicted octanol–water partition coefficient (Wildman–Crippen LogP) is 6.60. The van der Waals surface area contributed by atoms with Gasteiger partial charge >= 0.3 is 6.09 Å². The number of hydrogen-bond donors (Lipinski definition) is 5. The summed E-state index contributed by atoms with van der Waals surface area (Å²) in [5.74, 6) is 0.226. The van der Waals surface area contributed by atoms with Gasteiger partial charge in [-0.2, -0.15) is 9.97 Å². The van der Waals surface area contributed by atoms with E-state index in [4.69, 9.17) is 34.4 Å². The number of aromatic nitrogens is 4. The molecule has 2 fully saturated rings. The fourth-order valence-corrected chi connectivity index (χ4v) is 10.1. The number of nitrogens with one attached hydrogen (secondary N) is 4. The maximum Gasteiger partial charge on any atom is 0.415 e. The SMILES string of the molecule is C=CC(=O)N1CCN([C@@H](CC2CC2)c2ccc([C@H](C)Nc3ncc4c(n3)N(CCOCCOCCOCCOCCNS(=O)(=O)c3ccc(Nc5ncc(Br)c(Nc6cccc(F)c6C(N)=O)n5)cc3)C(=O)OC4)cc2)CC1. The number of carbonyl (C=O) groups is 3. The zero-order chi connectivity index (χ0) is 55.0. The largest absolute Gasteiger partial charge is 0.444 e. The minimum Gasteiger partial charge on any atom is -0.444 e. The number of primary amides is 1. The lowest BCUT2D eigenvalue weighted by Gasteiger charge is -2.39. The number of hydrogen-bond acceptors (Lipinski definition) is 18. The van der Waals surface area contributed by atoms with E-state index >= 15 is 0 Å². The van der Waals surface area contributed by atoms with Gasteiger partial charge < -0.3 is 50.3 Å². The maximum atomic E-state index is 14.3. The molecule has 5 aromatic rings. The van der Waals surface area contributed by atoms with Crippen LogP contribution in [0, 0.1) is 11.7 Å². The second kappa shape index (κ2) is 27.7. The number of ether oxygens (including phenoxy) is 5. The number of cyclic esters (lactones) is 1. The van der Waals surface area contributed by atoms with Crippen molar-refractivity contribution in [1.82, 2.24) is 34.5 Å². The highest BCUT2D eigenvalue weighted by atomic mass is 79.9. The molecule has 2 aliphatic heterocycles. The molecule has 0 bridgehead atoms. The minimum atomic E-state index is -3.84. The third kappa shape index (κ3) is 16.0. The molecule has 2 atom stereocenters. The van der Waals surface area contributed by atoms with Gasteiger partial charge in [0, 0.05) is 56.8 Å². The van der Waals surface area contributed by atoms with Gasteiger partial charge in [-0.25, -0.2) is 32.3 Å². The normalized spacial score (nSPS) is 15.5. The van der Waals surface area contributed by atoms with Crippen molar-refractivity contribution in [1.29, 1.82) is 0 Å². The summed E-state index contributed by atoms with van der Waals surface area (Å²) in [6, 6.07) is 18.8. The van der Waals surface area contributed by atoms with E-state index in [0.29, 0.717) is 73.0 Å². The summed E-state index contributed by atoms with van der Waals surface area (Å²) in [5, 5.41) is 9.27. The Morgan fingerprint density at radius 1 is 0.859 bits per heavy atom. The molecule has 6 N–H and O–H groups in total. The third-order valence-corrected chi connectivity index (χ3v) is 15.2. The first-order valence-electron chi connectivity index (χ1n) is 25.6. The molecular weight excluding hydrogens is 1100 g/mol. The number of nitrogens with zero attached hydrogens (tertiary/aromatic N) is 7. The molecule has 3 aliphatic rings. The highest BCUT2D eigenvalue weighted by molar-refractivity contribution is 9.10. The van der Waals surface area contributed by atoms with Gasteiger partial charge in [0.2, 0.25) is 27.8 Å². The van der Waals surface area contributed by atoms with Gasteiger partial charge in [0.25, 0.3) is 5.91 Å². The van der Waals surface area contributed by atoms with Crippen LogP contribution < -0.4 is 31.3 Å². The molecule has 1 saturated carbocycles. The number of nitrogens with two attached hydrogens (primary N) is 1. The van der Waals surface area contributed by atoms with Crippen LogP contribution in [0.1, 0.15) is 65.3 Å². The molecule has 8 rings (SSSR count). The summed E-state index contributed by atoms with van der Waals surface area (Å²) in [5.41, 5.74) is 8.69. The van der Waals surface area contributed by atoms with Crippen LogP contribution >= 0.6 is 15.9 Å². The van der Waals surface area contributed by atoms with E-state index in [9.17, 15) is 27.2 Å². The minimum absolute atomic E-state index is 0.00984. The highest BCUT2D eigenvalue weighted by Gasteiger charge is 2.33. The standard InChI is InChI=1S/C53H64BrFN12O10S/c1-3-46(68)66-20-18-65(19-21-66)45(31-36-7-8-36)38-11-9-37(10-12-38)35(2)60-51-57-32-39-34-77-53(70)67(50(39)64-51)22-24-74-26-28-76-30-29-75-27-25-73-23-17-59-78(71,72)41-15-13-40(14-16-41)61-52-58-33-42(54)49(63-52)62-44-6-4-5-43(55)47(44)48(56)69/h3-6,9-16,32-33,35-36,45,59H,1,7-8,17-31,34H2,2H3,(H2,56,69)(H,57,60,64)(H2,58,61,62,63)/t35-,45-/m0/s1. The number of piperazine rings is 1. The Hall–Kier alpha value is -6.71. The smallest absolute Gasteiger partial charge is 0.415 e. The zero-order valence-electron chi connectivity index (χ0n) is 43.2. The van der Waals surface area contributed by atoms with Crippen LogP contribution in [0.15, 0.2) is 101 Å². The quantitative estimate of drug-likeness (QED) is 0.0239. The first kappa shape index (κ1) is 57.5. The molecule has 78 heavy (non-hydrogen) atoms. The second-order valence-corrected chi connectivity index (χ2v) is 21.2. The number of benzene rings is 3. The van der Waals surface area contributed by atoms with Crippen molar-refractivity contribution < 1.29 is 50.9 Å². The zero-order valence-corrected chi connectivity index (χ0v) is 45.6. The molecule has 1 saturated heterocycles. The number of sulfonamides is 1. The van der Waals surface area contributed by atoms with E-state index in [1.807, 2.05) is 11.8 Å².